The van der Waals surface area contributed by atoms with Crippen LogP contribution >= 0.6 is 15.9 Å². The smallest absolute Gasteiger partial charge is 0.294 e. The number of nitrogens with one attached hydrogen (secondary N) is 1. The third-order valence-electron chi connectivity index (χ3n) is 2.91. The molecule has 0 unspecified atom stereocenters. The van der Waals surface area contributed by atoms with Gasteiger partial charge in [0.2, 0.25) is 0 Å². The number of benzene rings is 1. The van der Waals surface area contributed by atoms with Gasteiger partial charge in [0.25, 0.3) is 5.56 Å². The Hall–Kier alpha value is -1.49. The first-order chi connectivity index (χ1) is 8.54. The summed E-state index contributed by atoms with van der Waals surface area (Å²) in [6, 6.07) is 5.77. The van der Waals surface area contributed by atoms with Gasteiger partial charge >= 0.3 is 0 Å². The molecule has 5 heteroatoms. The zero-order valence-electron chi connectivity index (χ0n) is 10.5. The maximum atomic E-state index is 12.1. The number of anilines is 1. The van der Waals surface area contributed by atoms with E-state index in [0.29, 0.717) is 5.69 Å². The zero-order valence-corrected chi connectivity index (χ0v) is 12.0. The molecule has 0 bridgehead atoms. The molecule has 1 heterocycles. The topological polar surface area (TPSA) is 63.8 Å². The molecule has 0 radical (unpaired) electrons. The summed E-state index contributed by atoms with van der Waals surface area (Å²) in [5.41, 5.74) is 8.63. The van der Waals surface area contributed by atoms with Crippen LogP contribution in [0.3, 0.4) is 0 Å². The van der Waals surface area contributed by atoms with Crippen molar-refractivity contribution in [2.75, 3.05) is 5.73 Å². The van der Waals surface area contributed by atoms with E-state index >= 15 is 0 Å². The minimum atomic E-state index is -0.177. The second-order valence-electron chi connectivity index (χ2n) is 4.33. The molecular formula is C13H16BrN3O. The van der Waals surface area contributed by atoms with Crippen molar-refractivity contribution < 1.29 is 0 Å². The minimum absolute atomic E-state index is 0.177. The number of hydrogen-bond acceptors (Lipinski definition) is 2. The largest absolute Gasteiger partial charge is 0.393 e. The van der Waals surface area contributed by atoms with Gasteiger partial charge in [0.15, 0.2) is 0 Å². The summed E-state index contributed by atoms with van der Waals surface area (Å²) in [4.78, 5) is 12.1. The fourth-order valence-corrected chi connectivity index (χ4v) is 2.45. The molecule has 0 aliphatic carbocycles. The molecule has 18 heavy (non-hydrogen) atoms. The lowest BCUT2D eigenvalue weighted by Gasteiger charge is -2.06. The molecule has 1 aromatic heterocycles. The molecule has 0 saturated heterocycles. The van der Waals surface area contributed by atoms with Crippen molar-refractivity contribution in [1.82, 2.24) is 9.78 Å². The fraction of sp³-hybridized carbons (Fsp3) is 0.308. The van der Waals surface area contributed by atoms with Gasteiger partial charge in [0.05, 0.1) is 11.4 Å². The first kappa shape index (κ1) is 13.0. The van der Waals surface area contributed by atoms with Crippen LogP contribution in [0.25, 0.3) is 5.69 Å². The molecule has 0 aliphatic heterocycles. The van der Waals surface area contributed by atoms with Crippen LogP contribution < -0.4 is 11.3 Å². The summed E-state index contributed by atoms with van der Waals surface area (Å²) in [5.74, 6) is 0. The number of halogens is 1. The fourth-order valence-electron chi connectivity index (χ4n) is 1.98. The number of H-pyrrole nitrogens is 1. The second kappa shape index (κ2) is 5.02. The number of aryl methyl sites for hydroxylation is 2. The molecular weight excluding hydrogens is 294 g/mol. The maximum Gasteiger partial charge on any atom is 0.294 e. The minimum Gasteiger partial charge on any atom is -0.393 e. The highest BCUT2D eigenvalue weighted by Crippen LogP contribution is 2.19. The lowest BCUT2D eigenvalue weighted by molar-refractivity contribution is 0.790. The van der Waals surface area contributed by atoms with E-state index in [1.807, 2.05) is 25.1 Å². The number of aromatic amines is 1. The van der Waals surface area contributed by atoms with Gasteiger partial charge in [-0.1, -0.05) is 29.3 Å². The van der Waals surface area contributed by atoms with Gasteiger partial charge in [0.1, 0.15) is 5.69 Å². The summed E-state index contributed by atoms with van der Waals surface area (Å²) in [6.07, 6.45) is 1.73. The summed E-state index contributed by atoms with van der Waals surface area (Å²) in [6.45, 7) is 4.02. The van der Waals surface area contributed by atoms with Gasteiger partial charge in [-0.25, -0.2) is 4.68 Å². The van der Waals surface area contributed by atoms with Gasteiger partial charge in [-0.05, 0) is 37.1 Å². The number of hydrogen-bond donors (Lipinski definition) is 2. The number of nitrogen functional groups attached to an aromatic ring is 1. The van der Waals surface area contributed by atoms with Crippen molar-refractivity contribution in [3.05, 3.63) is 44.3 Å². The van der Waals surface area contributed by atoms with Crippen LogP contribution in [0.1, 0.15) is 24.6 Å². The standard InChI is InChI=1S/C13H16BrN3O/c1-3-4-10-12(15)13(18)17(16-10)11-6-5-9(14)7-8(11)2/h5-7,16H,3-4,15H2,1-2H3. The Morgan fingerprint density at radius 1 is 1.44 bits per heavy atom. The van der Waals surface area contributed by atoms with Crippen molar-refractivity contribution in [3.63, 3.8) is 0 Å². The van der Waals surface area contributed by atoms with E-state index in [0.717, 1.165) is 34.3 Å². The van der Waals surface area contributed by atoms with Crippen molar-refractivity contribution in [1.29, 1.82) is 0 Å². The Morgan fingerprint density at radius 2 is 2.17 bits per heavy atom. The SMILES string of the molecule is CCCc1[nH]n(-c2ccc(Br)cc2C)c(=O)c1N. The number of aromatic nitrogens is 2. The van der Waals surface area contributed by atoms with E-state index in [-0.39, 0.29) is 5.56 Å². The predicted molar refractivity (Wildman–Crippen MR) is 77.2 cm³/mol. The molecule has 0 fully saturated rings. The van der Waals surface area contributed by atoms with Gasteiger partial charge in [-0.15, -0.1) is 0 Å². The van der Waals surface area contributed by atoms with Crippen LogP contribution in [0.15, 0.2) is 27.5 Å². The molecule has 4 nitrogen and oxygen atoms in total. The summed E-state index contributed by atoms with van der Waals surface area (Å²) in [7, 11) is 0. The van der Waals surface area contributed by atoms with Crippen LogP contribution in [0, 0.1) is 6.92 Å². The Morgan fingerprint density at radius 3 is 2.78 bits per heavy atom. The second-order valence-corrected chi connectivity index (χ2v) is 5.24. The molecule has 0 atom stereocenters. The lowest BCUT2D eigenvalue weighted by atomic mass is 10.2. The molecule has 0 spiro atoms. The number of nitrogens with two attached hydrogens (primary N) is 1. The Balaban J connectivity index is 2.57. The van der Waals surface area contributed by atoms with Crippen molar-refractivity contribution in [2.24, 2.45) is 0 Å². The molecule has 96 valence electrons. The van der Waals surface area contributed by atoms with Crippen LogP contribution in [-0.2, 0) is 6.42 Å². The summed E-state index contributed by atoms with van der Waals surface area (Å²) >= 11 is 3.41. The average molecular weight is 310 g/mol. The van der Waals surface area contributed by atoms with Gasteiger partial charge in [0, 0.05) is 4.47 Å². The first-order valence-corrected chi connectivity index (χ1v) is 6.69. The Kier molecular flexibility index (Phi) is 3.61. The monoisotopic (exact) mass is 309 g/mol. The van der Waals surface area contributed by atoms with E-state index in [1.165, 1.54) is 4.68 Å². The molecule has 0 aliphatic rings. The molecule has 0 amide bonds. The van der Waals surface area contributed by atoms with Crippen LogP contribution in [0.5, 0.6) is 0 Å². The first-order valence-electron chi connectivity index (χ1n) is 5.90. The van der Waals surface area contributed by atoms with Gasteiger partial charge in [-0.2, -0.15) is 0 Å². The predicted octanol–water partition coefficient (Wildman–Crippen LogP) is 2.77. The van der Waals surface area contributed by atoms with E-state index in [2.05, 4.69) is 28.0 Å². The van der Waals surface area contributed by atoms with Crippen LogP contribution in [0.2, 0.25) is 0 Å². The molecule has 3 N–H and O–H groups in total. The maximum absolute atomic E-state index is 12.1. The summed E-state index contributed by atoms with van der Waals surface area (Å²) < 4.78 is 2.51. The normalized spacial score (nSPS) is 10.8. The molecule has 2 aromatic rings. The van der Waals surface area contributed by atoms with Gasteiger partial charge in [-0.3, -0.25) is 9.89 Å². The Bertz CT molecular complexity index is 628. The summed E-state index contributed by atoms with van der Waals surface area (Å²) in [5, 5.41) is 3.09. The number of nitrogens with zero attached hydrogens (tertiary/aromatic N) is 1. The van der Waals surface area contributed by atoms with Crippen molar-refractivity contribution >= 4 is 21.6 Å². The molecule has 2 rings (SSSR count). The van der Waals surface area contributed by atoms with Crippen molar-refractivity contribution in [3.8, 4) is 5.69 Å². The van der Waals surface area contributed by atoms with E-state index in [4.69, 9.17) is 5.73 Å². The van der Waals surface area contributed by atoms with E-state index in [1.54, 1.807) is 0 Å². The molecule has 1 aromatic carbocycles. The third-order valence-corrected chi connectivity index (χ3v) is 3.40. The zero-order chi connectivity index (χ0) is 13.3. The number of rotatable bonds is 3. The van der Waals surface area contributed by atoms with E-state index < -0.39 is 0 Å². The van der Waals surface area contributed by atoms with E-state index in [9.17, 15) is 4.79 Å². The van der Waals surface area contributed by atoms with Crippen LogP contribution in [0.4, 0.5) is 5.69 Å². The highest BCUT2D eigenvalue weighted by Gasteiger charge is 2.12. The highest BCUT2D eigenvalue weighted by molar-refractivity contribution is 9.10. The Labute approximate surface area is 114 Å². The highest BCUT2D eigenvalue weighted by atomic mass is 79.9. The van der Waals surface area contributed by atoms with Crippen molar-refractivity contribution in [2.45, 2.75) is 26.7 Å². The molecule has 0 saturated carbocycles. The average Bonchev–Trinajstić information content (AvgIpc) is 2.58. The lowest BCUT2D eigenvalue weighted by Crippen LogP contribution is -2.17. The van der Waals surface area contributed by atoms with Gasteiger partial charge < -0.3 is 5.73 Å². The quantitative estimate of drug-likeness (QED) is 0.915. The van der Waals surface area contributed by atoms with Crippen LogP contribution in [-0.4, -0.2) is 9.78 Å². The third kappa shape index (κ3) is 2.22.